The van der Waals surface area contributed by atoms with Crippen LogP contribution in [0.5, 0.6) is 0 Å². The van der Waals surface area contributed by atoms with Crippen LogP contribution >= 0.6 is 11.6 Å². The number of hydrogen-bond donors (Lipinski definition) is 1. The van der Waals surface area contributed by atoms with E-state index in [9.17, 15) is 0 Å². The zero-order chi connectivity index (χ0) is 20.2. The zero-order valence-electron chi connectivity index (χ0n) is 15.6. The predicted molar refractivity (Wildman–Crippen MR) is 121 cm³/mol. The smallest absolute Gasteiger partial charge is 0.0632 e. The Bertz CT molecular complexity index is 733. The molecule has 0 heterocycles. The van der Waals surface area contributed by atoms with Crippen LogP contribution in [-0.2, 0) is 6.54 Å². The molecule has 0 amide bonds. The molecule has 0 saturated heterocycles. The van der Waals surface area contributed by atoms with Crippen molar-refractivity contribution < 1.29 is 0 Å². The fourth-order valence-corrected chi connectivity index (χ4v) is 1.76. The fraction of sp³-hybridized carbons (Fsp3) is 0.0870. The van der Waals surface area contributed by atoms with Crippen LogP contribution < -0.4 is 0 Å². The third kappa shape index (κ3) is 16.2. The molecular weight excluding hydrogens is 354 g/mol. The first-order valence-corrected chi connectivity index (χ1v) is 8.65. The highest BCUT2D eigenvalue weighted by Gasteiger charge is 1.82. The first-order valence-electron chi connectivity index (χ1n) is 8.27. The van der Waals surface area contributed by atoms with Gasteiger partial charge in [-0.2, -0.15) is 0 Å². The maximum Gasteiger partial charge on any atom is 0.0632 e. The fourth-order valence-electron chi connectivity index (χ4n) is 1.63. The van der Waals surface area contributed by atoms with Crippen LogP contribution in [0.4, 0.5) is 0 Å². The molecule has 0 bridgehead atoms. The van der Waals surface area contributed by atoms with Crippen molar-refractivity contribution in [1.82, 2.24) is 0 Å². The van der Waals surface area contributed by atoms with E-state index >= 15 is 0 Å². The summed E-state index contributed by atoms with van der Waals surface area (Å²) in [6.45, 7) is 9.46. The summed E-state index contributed by atoms with van der Waals surface area (Å²) in [5.41, 5.74) is 2.54. The molecule has 0 spiro atoms. The van der Waals surface area contributed by atoms with Crippen LogP contribution in [0.15, 0.2) is 106 Å². The minimum Gasteiger partial charge on any atom is -0.309 e. The largest absolute Gasteiger partial charge is 0.309 e. The van der Waals surface area contributed by atoms with Crippen molar-refractivity contribution >= 4 is 31.3 Å². The normalized spacial score (nSPS) is 10.4. The van der Waals surface area contributed by atoms with E-state index in [-0.39, 0.29) is 0 Å². The average Bonchev–Trinajstić information content (AvgIpc) is 2.69. The van der Waals surface area contributed by atoms with Crippen LogP contribution in [-0.4, -0.2) is 19.6 Å². The molecular formula is C23H26ClN3. The molecule has 3 nitrogen and oxygen atoms in total. The lowest BCUT2D eigenvalue weighted by molar-refractivity contribution is 1.08. The van der Waals surface area contributed by atoms with Gasteiger partial charge >= 0.3 is 0 Å². The number of nitrogens with one attached hydrogen (secondary N) is 1. The number of hydrogen-bond acceptors (Lipinski definition) is 3. The van der Waals surface area contributed by atoms with Crippen LogP contribution in [0.2, 0.25) is 0 Å². The lowest BCUT2D eigenvalue weighted by Gasteiger charge is -1.90. The van der Waals surface area contributed by atoms with Gasteiger partial charge in [0.05, 0.1) is 6.54 Å². The van der Waals surface area contributed by atoms with E-state index in [0.29, 0.717) is 5.03 Å². The first kappa shape index (κ1) is 24.0. The summed E-state index contributed by atoms with van der Waals surface area (Å²) in [7, 11) is 0. The molecule has 0 unspecified atom stereocenters. The quantitative estimate of drug-likeness (QED) is 0.445. The van der Waals surface area contributed by atoms with E-state index in [0.717, 1.165) is 6.54 Å². The van der Waals surface area contributed by atoms with Gasteiger partial charge in [-0.3, -0.25) is 9.98 Å². The lowest BCUT2D eigenvalue weighted by Crippen LogP contribution is -1.76. The zero-order valence-corrected chi connectivity index (χ0v) is 16.4. The van der Waals surface area contributed by atoms with Gasteiger partial charge in [0.15, 0.2) is 0 Å². The molecule has 2 aromatic carbocycles. The van der Waals surface area contributed by atoms with Gasteiger partial charge in [0, 0.05) is 17.4 Å². The van der Waals surface area contributed by atoms with Crippen molar-refractivity contribution in [3.8, 4) is 0 Å². The second-order valence-electron chi connectivity index (χ2n) is 5.12. The van der Waals surface area contributed by atoms with Gasteiger partial charge in [-0.25, -0.2) is 0 Å². The molecule has 4 heteroatoms. The summed E-state index contributed by atoms with van der Waals surface area (Å²) in [4.78, 5) is 7.24. The molecule has 0 atom stereocenters. The molecule has 2 aromatic rings. The molecule has 0 radical (unpaired) electrons. The van der Waals surface area contributed by atoms with Crippen molar-refractivity contribution in [2.24, 2.45) is 9.98 Å². The summed E-state index contributed by atoms with van der Waals surface area (Å²) >= 11 is 5.66. The lowest BCUT2D eigenvalue weighted by atomic mass is 10.2. The van der Waals surface area contributed by atoms with E-state index in [1.807, 2.05) is 48.5 Å². The summed E-state index contributed by atoms with van der Waals surface area (Å²) in [5.74, 6) is 0. The maximum atomic E-state index is 6.65. The Morgan fingerprint density at radius 2 is 1.59 bits per heavy atom. The van der Waals surface area contributed by atoms with Crippen molar-refractivity contribution in [2.45, 2.75) is 13.5 Å². The molecule has 2 rings (SSSR count). The van der Waals surface area contributed by atoms with Gasteiger partial charge in [-0.1, -0.05) is 83.9 Å². The number of nitrogens with zero attached hydrogens (tertiary/aromatic N) is 2. The monoisotopic (exact) mass is 379 g/mol. The molecule has 0 aliphatic heterocycles. The van der Waals surface area contributed by atoms with Gasteiger partial charge in [0.2, 0.25) is 0 Å². The van der Waals surface area contributed by atoms with E-state index < -0.39 is 0 Å². The Balaban J connectivity index is 0.000000383. The Morgan fingerprint density at radius 1 is 1.00 bits per heavy atom. The number of aryl methyl sites for hydroxylation is 1. The molecule has 27 heavy (non-hydrogen) atoms. The molecule has 0 aromatic heterocycles. The topological polar surface area (TPSA) is 48.6 Å². The molecule has 0 saturated carbocycles. The number of benzene rings is 2. The van der Waals surface area contributed by atoms with Crippen molar-refractivity contribution in [3.63, 3.8) is 0 Å². The second kappa shape index (κ2) is 17.8. The number of aliphatic imine (C=N–C) groups is 2. The maximum absolute atomic E-state index is 6.65. The van der Waals surface area contributed by atoms with Gasteiger partial charge in [-0.05, 0) is 44.2 Å². The Kier molecular flexibility index (Phi) is 15.8. The molecule has 0 fully saturated rings. The number of halogens is 1. The van der Waals surface area contributed by atoms with Gasteiger partial charge < -0.3 is 5.41 Å². The van der Waals surface area contributed by atoms with Crippen LogP contribution in [0, 0.1) is 12.3 Å². The summed E-state index contributed by atoms with van der Waals surface area (Å²) in [6, 6.07) is 20.3. The Labute approximate surface area is 167 Å². The third-order valence-electron chi connectivity index (χ3n) is 2.88. The Hall–Kier alpha value is -3.04. The highest BCUT2D eigenvalue weighted by Crippen LogP contribution is 2.02. The van der Waals surface area contributed by atoms with Crippen LogP contribution in [0.25, 0.3) is 0 Å². The summed E-state index contributed by atoms with van der Waals surface area (Å²) < 4.78 is 0. The van der Waals surface area contributed by atoms with Crippen LogP contribution in [0.1, 0.15) is 11.1 Å². The van der Waals surface area contributed by atoms with Crippen molar-refractivity contribution in [1.29, 1.82) is 5.41 Å². The molecule has 140 valence electrons. The number of rotatable bonds is 6. The van der Waals surface area contributed by atoms with Crippen molar-refractivity contribution in [2.75, 3.05) is 0 Å². The summed E-state index contributed by atoms with van der Waals surface area (Å²) in [5, 5.41) is 7.21. The minimum absolute atomic E-state index is 0.551. The van der Waals surface area contributed by atoms with Crippen molar-refractivity contribution in [3.05, 3.63) is 107 Å². The highest BCUT2D eigenvalue weighted by molar-refractivity contribution is 6.31. The molecule has 0 aliphatic rings. The Morgan fingerprint density at radius 3 is 2.04 bits per heavy atom. The average molecular weight is 380 g/mol. The standard InChI is InChI=1S/C8H9ClN2.C8H9N.C7H8/c1-11-7-5-8(9)4-2-3-6-10;1-9-7-8-5-3-2-4-6-8;1-7-5-3-2-4-6-7/h2-7,10H,1H2;2-6H,1,7H2;2-6H,1H3/b3-2+,7-5-,8-4+,10-6?;;. The SMILES string of the molecule is C=NCc1ccccc1.C=N\C=C/C(Cl)=C\C=C\C=N.Cc1ccccc1. The molecule has 0 aliphatic carbocycles. The predicted octanol–water partition coefficient (Wildman–Crippen LogP) is 6.41. The summed E-state index contributed by atoms with van der Waals surface area (Å²) in [6.07, 6.45) is 9.19. The van der Waals surface area contributed by atoms with Gasteiger partial charge in [-0.15, -0.1) is 0 Å². The second-order valence-corrected chi connectivity index (χ2v) is 5.56. The van der Waals surface area contributed by atoms with E-state index in [2.05, 4.69) is 42.5 Å². The van der Waals surface area contributed by atoms with Crippen LogP contribution in [0.3, 0.4) is 0 Å². The van der Waals surface area contributed by atoms with Gasteiger partial charge in [0.25, 0.3) is 0 Å². The van der Waals surface area contributed by atoms with E-state index in [1.165, 1.54) is 23.5 Å². The van der Waals surface area contributed by atoms with Gasteiger partial charge in [0.1, 0.15) is 0 Å². The number of allylic oxidation sites excluding steroid dienone is 5. The highest BCUT2D eigenvalue weighted by atomic mass is 35.5. The van der Waals surface area contributed by atoms with E-state index in [1.54, 1.807) is 24.3 Å². The minimum atomic E-state index is 0.551. The van der Waals surface area contributed by atoms with E-state index in [4.69, 9.17) is 17.0 Å². The first-order chi connectivity index (χ1) is 13.1. The third-order valence-corrected chi connectivity index (χ3v) is 3.13. The molecule has 1 N–H and O–H groups in total.